The van der Waals surface area contributed by atoms with Crippen molar-refractivity contribution in [1.82, 2.24) is 10.3 Å². The lowest BCUT2D eigenvalue weighted by Crippen LogP contribution is -2.52. The van der Waals surface area contributed by atoms with Gasteiger partial charge in [-0.25, -0.2) is 18.6 Å². The molecule has 0 aliphatic rings. The van der Waals surface area contributed by atoms with Gasteiger partial charge in [0.25, 0.3) is 0 Å². The van der Waals surface area contributed by atoms with Gasteiger partial charge in [-0.05, 0) is 25.5 Å². The fourth-order valence-electron chi connectivity index (χ4n) is 2.34. The maximum Gasteiger partial charge on any atom is 0.331 e. The fraction of sp³-hybridized carbons (Fsp3) is 0.389. The number of oxazole rings is 1. The minimum Gasteiger partial charge on any atom is -0.467 e. The molecule has 1 amide bonds. The Labute approximate surface area is 149 Å². The van der Waals surface area contributed by atoms with Crippen LogP contribution in [0, 0.1) is 11.6 Å². The summed E-state index contributed by atoms with van der Waals surface area (Å²) in [5.41, 5.74) is -1.02. The highest BCUT2D eigenvalue weighted by Gasteiger charge is 2.33. The lowest BCUT2D eigenvalue weighted by molar-refractivity contribution is -0.150. The Kier molecular flexibility index (Phi) is 6.07. The second-order valence-electron chi connectivity index (χ2n) is 5.97. The first-order valence-electron chi connectivity index (χ1n) is 8.08. The number of aromatic nitrogens is 1. The summed E-state index contributed by atoms with van der Waals surface area (Å²) in [6.07, 6.45) is 1.88. The average molecular weight is 366 g/mol. The second kappa shape index (κ2) is 8.07. The zero-order chi connectivity index (χ0) is 19.3. The summed E-state index contributed by atoms with van der Waals surface area (Å²) in [4.78, 5) is 27.8. The molecule has 1 aromatic heterocycles. The number of hydrogen-bond donors (Lipinski definition) is 1. The molecule has 26 heavy (non-hydrogen) atoms. The summed E-state index contributed by atoms with van der Waals surface area (Å²) >= 11 is 0. The molecule has 1 heterocycles. The van der Waals surface area contributed by atoms with Crippen molar-refractivity contribution >= 4 is 11.9 Å². The largest absolute Gasteiger partial charge is 0.467 e. The van der Waals surface area contributed by atoms with Crippen molar-refractivity contribution in [2.45, 2.75) is 38.6 Å². The van der Waals surface area contributed by atoms with Crippen molar-refractivity contribution in [3.63, 3.8) is 0 Å². The molecule has 0 radical (unpaired) electrons. The number of nitrogens with one attached hydrogen (secondary N) is 1. The standard InChI is InChI=1S/C18H20F2N2O4/c1-4-18(2,17(24)25-3)22-15(23)7-8-16-21-10-14(26-16)12-6-5-11(19)9-13(12)20/h5-6,9-10H,4,7-8H2,1-3H3,(H,22,23). The van der Waals surface area contributed by atoms with Crippen LogP contribution < -0.4 is 5.32 Å². The van der Waals surface area contributed by atoms with Gasteiger partial charge in [0, 0.05) is 18.9 Å². The monoisotopic (exact) mass is 366 g/mol. The molecule has 140 valence electrons. The predicted molar refractivity (Wildman–Crippen MR) is 89.0 cm³/mol. The Morgan fingerprint density at radius 2 is 2.08 bits per heavy atom. The number of ether oxygens (including phenoxy) is 1. The van der Waals surface area contributed by atoms with Crippen LogP contribution in [0.5, 0.6) is 0 Å². The molecule has 1 aromatic carbocycles. The number of carbonyl (C=O) groups excluding carboxylic acids is 2. The van der Waals surface area contributed by atoms with E-state index < -0.39 is 23.1 Å². The van der Waals surface area contributed by atoms with Crippen LogP contribution in [-0.2, 0) is 20.7 Å². The van der Waals surface area contributed by atoms with Gasteiger partial charge in [-0.2, -0.15) is 0 Å². The highest BCUT2D eigenvalue weighted by molar-refractivity contribution is 5.87. The third-order valence-electron chi connectivity index (χ3n) is 4.07. The van der Waals surface area contributed by atoms with Crippen molar-refractivity contribution in [2.75, 3.05) is 7.11 Å². The smallest absolute Gasteiger partial charge is 0.331 e. The van der Waals surface area contributed by atoms with Crippen LogP contribution in [-0.4, -0.2) is 29.5 Å². The number of methoxy groups -OCH3 is 1. The summed E-state index contributed by atoms with van der Waals surface area (Å²) in [7, 11) is 1.26. The Bertz CT molecular complexity index is 806. The number of benzene rings is 1. The molecule has 0 saturated heterocycles. The molecule has 1 N–H and O–H groups in total. The lowest BCUT2D eigenvalue weighted by Gasteiger charge is -2.26. The maximum atomic E-state index is 13.8. The minimum atomic E-state index is -1.11. The summed E-state index contributed by atoms with van der Waals surface area (Å²) in [5.74, 6) is -1.97. The molecule has 0 saturated carbocycles. The van der Waals surface area contributed by atoms with E-state index in [0.717, 1.165) is 12.1 Å². The van der Waals surface area contributed by atoms with Crippen molar-refractivity contribution in [3.8, 4) is 11.3 Å². The van der Waals surface area contributed by atoms with E-state index in [0.29, 0.717) is 6.42 Å². The number of amides is 1. The zero-order valence-electron chi connectivity index (χ0n) is 14.8. The highest BCUT2D eigenvalue weighted by Crippen LogP contribution is 2.24. The molecule has 1 atom stereocenters. The topological polar surface area (TPSA) is 81.4 Å². The molecular weight excluding hydrogens is 346 g/mol. The maximum absolute atomic E-state index is 13.8. The SMILES string of the molecule is CCC(C)(NC(=O)CCc1ncc(-c2ccc(F)cc2F)o1)C(=O)OC. The van der Waals surface area contributed by atoms with Gasteiger partial charge >= 0.3 is 5.97 Å². The predicted octanol–water partition coefficient (Wildman–Crippen LogP) is 3.01. The molecule has 1 unspecified atom stereocenters. The van der Waals surface area contributed by atoms with E-state index >= 15 is 0 Å². The van der Waals surface area contributed by atoms with E-state index in [-0.39, 0.29) is 36.0 Å². The summed E-state index contributed by atoms with van der Waals surface area (Å²) in [5, 5.41) is 2.63. The molecule has 8 heteroatoms. The van der Waals surface area contributed by atoms with E-state index in [1.54, 1.807) is 13.8 Å². The summed E-state index contributed by atoms with van der Waals surface area (Å²) in [6.45, 7) is 3.34. The first-order chi connectivity index (χ1) is 12.3. The normalized spacial score (nSPS) is 13.1. The van der Waals surface area contributed by atoms with Crippen LogP contribution >= 0.6 is 0 Å². The van der Waals surface area contributed by atoms with E-state index in [1.165, 1.54) is 19.4 Å². The van der Waals surface area contributed by atoms with Crippen molar-refractivity contribution < 1.29 is 27.5 Å². The van der Waals surface area contributed by atoms with E-state index in [4.69, 9.17) is 9.15 Å². The molecule has 2 rings (SSSR count). The van der Waals surface area contributed by atoms with Gasteiger partial charge in [-0.15, -0.1) is 0 Å². The zero-order valence-corrected chi connectivity index (χ0v) is 14.8. The van der Waals surface area contributed by atoms with Crippen molar-refractivity contribution in [1.29, 1.82) is 0 Å². The molecule has 2 aromatic rings. The number of nitrogens with zero attached hydrogens (tertiary/aromatic N) is 1. The highest BCUT2D eigenvalue weighted by atomic mass is 19.1. The van der Waals surface area contributed by atoms with Gasteiger partial charge in [0.05, 0.1) is 18.9 Å². The van der Waals surface area contributed by atoms with Crippen LogP contribution in [0.4, 0.5) is 8.78 Å². The second-order valence-corrected chi connectivity index (χ2v) is 5.97. The Morgan fingerprint density at radius 3 is 2.69 bits per heavy atom. The fourth-order valence-corrected chi connectivity index (χ4v) is 2.34. The first kappa shape index (κ1) is 19.6. The van der Waals surface area contributed by atoms with Crippen molar-refractivity contribution in [3.05, 3.63) is 41.9 Å². The Morgan fingerprint density at radius 1 is 1.35 bits per heavy atom. The van der Waals surface area contributed by atoms with Crippen LogP contribution in [0.25, 0.3) is 11.3 Å². The van der Waals surface area contributed by atoms with Crippen LogP contribution in [0.1, 0.15) is 32.6 Å². The van der Waals surface area contributed by atoms with E-state index in [9.17, 15) is 18.4 Å². The molecule has 0 aliphatic carbocycles. The van der Waals surface area contributed by atoms with Gasteiger partial charge < -0.3 is 14.5 Å². The molecule has 0 fully saturated rings. The van der Waals surface area contributed by atoms with Crippen LogP contribution in [0.15, 0.2) is 28.8 Å². The van der Waals surface area contributed by atoms with Gasteiger partial charge in [0.1, 0.15) is 17.2 Å². The van der Waals surface area contributed by atoms with Gasteiger partial charge in [0.15, 0.2) is 11.7 Å². The van der Waals surface area contributed by atoms with Gasteiger partial charge in [-0.1, -0.05) is 6.92 Å². The van der Waals surface area contributed by atoms with E-state index in [1.807, 2.05) is 0 Å². The molecule has 0 bridgehead atoms. The number of hydrogen-bond acceptors (Lipinski definition) is 5. The van der Waals surface area contributed by atoms with Crippen LogP contribution in [0.2, 0.25) is 0 Å². The molecule has 0 aliphatic heterocycles. The summed E-state index contributed by atoms with van der Waals surface area (Å²) < 4.78 is 36.8. The first-order valence-corrected chi connectivity index (χ1v) is 8.08. The molecule has 0 spiro atoms. The number of carbonyl (C=O) groups is 2. The minimum absolute atomic E-state index is 0.0262. The third kappa shape index (κ3) is 4.44. The third-order valence-corrected chi connectivity index (χ3v) is 4.07. The Hall–Kier alpha value is -2.77. The number of esters is 1. The lowest BCUT2D eigenvalue weighted by atomic mass is 9.99. The number of aryl methyl sites for hydroxylation is 1. The van der Waals surface area contributed by atoms with Crippen LogP contribution in [0.3, 0.4) is 0 Å². The average Bonchev–Trinajstić information content (AvgIpc) is 3.07. The van der Waals surface area contributed by atoms with E-state index in [2.05, 4.69) is 10.3 Å². The summed E-state index contributed by atoms with van der Waals surface area (Å²) in [6, 6.07) is 3.13. The molecule has 6 nitrogen and oxygen atoms in total. The van der Waals surface area contributed by atoms with Gasteiger partial charge in [-0.3, -0.25) is 4.79 Å². The number of halogens is 2. The molecular formula is C18H20F2N2O4. The van der Waals surface area contributed by atoms with Crippen molar-refractivity contribution in [2.24, 2.45) is 0 Å². The quantitative estimate of drug-likeness (QED) is 0.762. The van der Waals surface area contributed by atoms with Gasteiger partial charge in [0.2, 0.25) is 5.91 Å². The Balaban J connectivity index is 1.99. The number of rotatable bonds is 7.